The van der Waals surface area contributed by atoms with Gasteiger partial charge in [0, 0.05) is 20.0 Å². The van der Waals surface area contributed by atoms with E-state index >= 15 is 0 Å². The van der Waals surface area contributed by atoms with Gasteiger partial charge in [0.05, 0.1) is 6.04 Å². The molecule has 0 aliphatic heterocycles. The summed E-state index contributed by atoms with van der Waals surface area (Å²) in [6.07, 6.45) is 0.00998. The van der Waals surface area contributed by atoms with E-state index in [1.54, 1.807) is 0 Å². The number of amides is 3. The highest BCUT2D eigenvalue weighted by molar-refractivity contribution is 5.90. The van der Waals surface area contributed by atoms with E-state index in [0.717, 1.165) is 11.1 Å². The number of likely N-dealkylation sites (N-methyl/N-ethyl adjacent to an activating group) is 1. The number of rotatable bonds is 15. The number of alkyl carbamates (subject to hydrolysis) is 1. The molecule has 0 radical (unpaired) electrons. The number of carbonyl (C=O) groups is 4. The first-order valence-electron chi connectivity index (χ1n) is 12.7. The van der Waals surface area contributed by atoms with Crippen molar-refractivity contribution in [3.05, 3.63) is 71.8 Å². The first kappa shape index (κ1) is 30.3. The third kappa shape index (κ3) is 11.0. The van der Waals surface area contributed by atoms with Crippen LogP contribution in [0.3, 0.4) is 0 Å². The molecule has 2 aromatic rings. The van der Waals surface area contributed by atoms with Gasteiger partial charge >= 0.3 is 12.1 Å². The van der Waals surface area contributed by atoms with Crippen LogP contribution in [0.25, 0.3) is 0 Å². The molecule has 0 aliphatic carbocycles. The van der Waals surface area contributed by atoms with Crippen molar-refractivity contribution in [1.29, 1.82) is 0 Å². The van der Waals surface area contributed by atoms with Crippen LogP contribution < -0.4 is 21.3 Å². The molecule has 206 valence electrons. The first-order valence-corrected chi connectivity index (χ1v) is 12.7. The summed E-state index contributed by atoms with van der Waals surface area (Å²) in [6.45, 7) is 3.96. The van der Waals surface area contributed by atoms with Crippen LogP contribution in [0.2, 0.25) is 0 Å². The van der Waals surface area contributed by atoms with Crippen LogP contribution >= 0.6 is 0 Å². The molecule has 0 heterocycles. The maximum Gasteiger partial charge on any atom is 0.407 e. The van der Waals surface area contributed by atoms with E-state index in [1.165, 1.54) is 7.05 Å². The number of hydrogen-bond acceptors (Lipinski definition) is 6. The third-order valence-electron chi connectivity index (χ3n) is 5.80. The Balaban J connectivity index is 1.97. The van der Waals surface area contributed by atoms with Gasteiger partial charge in [0.2, 0.25) is 11.8 Å². The summed E-state index contributed by atoms with van der Waals surface area (Å²) in [5.41, 5.74) is 1.71. The lowest BCUT2D eigenvalue weighted by Crippen LogP contribution is -2.56. The zero-order valence-electron chi connectivity index (χ0n) is 22.1. The minimum Gasteiger partial charge on any atom is -0.480 e. The van der Waals surface area contributed by atoms with Gasteiger partial charge in [-0.15, -0.1) is 0 Å². The lowest BCUT2D eigenvalue weighted by Gasteiger charge is -2.26. The Kier molecular flexibility index (Phi) is 12.8. The molecule has 5 N–H and O–H groups in total. The van der Waals surface area contributed by atoms with E-state index in [1.807, 2.05) is 74.5 Å². The second-order valence-corrected chi connectivity index (χ2v) is 9.38. The van der Waals surface area contributed by atoms with Gasteiger partial charge < -0.3 is 25.8 Å². The third-order valence-corrected chi connectivity index (χ3v) is 5.80. The lowest BCUT2D eigenvalue weighted by molar-refractivity contribution is -0.140. The zero-order valence-corrected chi connectivity index (χ0v) is 22.1. The number of carboxylic acid groups (broad SMARTS) is 1. The number of hydrogen-bond donors (Lipinski definition) is 5. The first-order chi connectivity index (χ1) is 18.2. The monoisotopic (exact) mass is 526 g/mol. The van der Waals surface area contributed by atoms with E-state index in [-0.39, 0.29) is 37.8 Å². The second kappa shape index (κ2) is 16.0. The summed E-state index contributed by atoms with van der Waals surface area (Å²) in [5.74, 6) is -1.90. The lowest BCUT2D eigenvalue weighted by atomic mass is 10.00. The summed E-state index contributed by atoms with van der Waals surface area (Å²) >= 11 is 0. The summed E-state index contributed by atoms with van der Waals surface area (Å²) in [7, 11) is 1.49. The quantitative estimate of drug-likeness (QED) is 0.239. The van der Waals surface area contributed by atoms with E-state index in [0.29, 0.717) is 6.42 Å². The van der Waals surface area contributed by atoms with E-state index in [2.05, 4.69) is 21.3 Å². The van der Waals surface area contributed by atoms with E-state index in [4.69, 9.17) is 4.74 Å². The highest BCUT2D eigenvalue weighted by Crippen LogP contribution is 2.10. The average molecular weight is 527 g/mol. The number of nitrogens with one attached hydrogen (secondary N) is 4. The van der Waals surface area contributed by atoms with Crippen LogP contribution in [-0.2, 0) is 32.1 Å². The highest BCUT2D eigenvalue weighted by atomic mass is 16.5. The van der Waals surface area contributed by atoms with Crippen molar-refractivity contribution in [3.8, 4) is 0 Å². The molecule has 0 saturated carbocycles. The topological polar surface area (TPSA) is 146 Å². The van der Waals surface area contributed by atoms with E-state index < -0.39 is 36.1 Å². The summed E-state index contributed by atoms with van der Waals surface area (Å²) < 4.78 is 5.15. The minimum absolute atomic E-state index is 0.0283. The summed E-state index contributed by atoms with van der Waals surface area (Å²) in [6, 6.07) is 15.7. The number of carboxylic acids is 1. The molecule has 0 spiro atoms. The van der Waals surface area contributed by atoms with Crippen molar-refractivity contribution in [2.45, 2.75) is 57.8 Å². The van der Waals surface area contributed by atoms with Crippen molar-refractivity contribution in [2.75, 3.05) is 13.6 Å². The van der Waals surface area contributed by atoms with Crippen molar-refractivity contribution in [2.24, 2.45) is 5.92 Å². The number of benzene rings is 2. The fraction of sp³-hybridized carbons (Fsp3) is 0.429. The molecule has 0 bridgehead atoms. The molecule has 0 aliphatic rings. The van der Waals surface area contributed by atoms with Gasteiger partial charge in [0.1, 0.15) is 18.7 Å². The van der Waals surface area contributed by atoms with Gasteiger partial charge in [-0.05, 0) is 29.9 Å². The Bertz CT molecular complexity index is 1030. The molecular weight excluding hydrogens is 488 g/mol. The van der Waals surface area contributed by atoms with Crippen molar-refractivity contribution >= 4 is 23.9 Å². The molecular formula is C28H38N4O6. The predicted octanol–water partition coefficient (Wildman–Crippen LogP) is 2.23. The largest absolute Gasteiger partial charge is 0.480 e. The Hall–Kier alpha value is -3.92. The maximum atomic E-state index is 13.2. The van der Waals surface area contributed by atoms with Crippen LogP contribution in [-0.4, -0.2) is 60.7 Å². The number of carbonyl (C=O) groups excluding carboxylic acids is 3. The number of ether oxygens (including phenoxy) is 1. The van der Waals surface area contributed by atoms with Gasteiger partial charge in [-0.25, -0.2) is 4.79 Å². The highest BCUT2D eigenvalue weighted by Gasteiger charge is 2.30. The molecule has 0 unspecified atom stereocenters. The van der Waals surface area contributed by atoms with Gasteiger partial charge in [-0.3, -0.25) is 19.7 Å². The fourth-order valence-corrected chi connectivity index (χ4v) is 3.84. The normalized spacial score (nSPS) is 13.2. The SMILES string of the molecule is CNC(=O)[C@H](Cc1ccccc1)NC(=O)[C@H](CC(C)C)N[C@H](CCNC(=O)OCc1ccccc1)C(=O)O. The van der Waals surface area contributed by atoms with Gasteiger partial charge in [0.25, 0.3) is 0 Å². The van der Waals surface area contributed by atoms with Crippen LogP contribution in [0.5, 0.6) is 0 Å². The smallest absolute Gasteiger partial charge is 0.407 e. The van der Waals surface area contributed by atoms with E-state index in [9.17, 15) is 24.3 Å². The Morgan fingerprint density at radius 2 is 1.45 bits per heavy atom. The molecule has 2 aromatic carbocycles. The molecule has 0 aromatic heterocycles. The molecule has 38 heavy (non-hydrogen) atoms. The fourth-order valence-electron chi connectivity index (χ4n) is 3.84. The second-order valence-electron chi connectivity index (χ2n) is 9.38. The van der Waals surface area contributed by atoms with Crippen molar-refractivity contribution < 1.29 is 29.0 Å². The number of aliphatic carboxylic acids is 1. The molecule has 10 heteroatoms. The Morgan fingerprint density at radius 3 is 2.00 bits per heavy atom. The van der Waals surface area contributed by atoms with Gasteiger partial charge in [-0.2, -0.15) is 0 Å². The predicted molar refractivity (Wildman–Crippen MR) is 143 cm³/mol. The molecule has 0 fully saturated rings. The molecule has 2 rings (SSSR count). The van der Waals surface area contributed by atoms with Crippen LogP contribution in [0.4, 0.5) is 4.79 Å². The minimum atomic E-state index is -1.15. The molecule has 10 nitrogen and oxygen atoms in total. The van der Waals surface area contributed by atoms with Gasteiger partial charge in [-0.1, -0.05) is 74.5 Å². The average Bonchev–Trinajstić information content (AvgIpc) is 2.90. The molecule has 3 amide bonds. The van der Waals surface area contributed by atoms with Crippen molar-refractivity contribution in [1.82, 2.24) is 21.3 Å². The zero-order chi connectivity index (χ0) is 27.9. The van der Waals surface area contributed by atoms with Crippen LogP contribution in [0, 0.1) is 5.92 Å². The summed E-state index contributed by atoms with van der Waals surface area (Å²) in [5, 5.41) is 20.6. The van der Waals surface area contributed by atoms with Crippen LogP contribution in [0.15, 0.2) is 60.7 Å². The molecule has 3 atom stereocenters. The van der Waals surface area contributed by atoms with Crippen molar-refractivity contribution in [3.63, 3.8) is 0 Å². The Morgan fingerprint density at radius 1 is 0.842 bits per heavy atom. The Labute approximate surface area is 223 Å². The standard InChI is InChI=1S/C28H38N4O6/c1-19(2)16-23(26(34)32-24(25(33)29-3)17-20-10-6-4-7-11-20)31-22(27(35)36)14-15-30-28(37)38-18-21-12-8-5-9-13-21/h4-13,19,22-24,31H,14-18H2,1-3H3,(H,29,33)(H,30,37)(H,32,34)(H,35,36)/t22-,23+,24+/m1/s1. The summed E-state index contributed by atoms with van der Waals surface area (Å²) in [4.78, 5) is 49.7. The van der Waals surface area contributed by atoms with Crippen LogP contribution in [0.1, 0.15) is 37.8 Å². The molecule has 0 saturated heterocycles. The van der Waals surface area contributed by atoms with Gasteiger partial charge in [0.15, 0.2) is 0 Å². The maximum absolute atomic E-state index is 13.2.